The van der Waals surface area contributed by atoms with Gasteiger partial charge >= 0.3 is 0 Å². The van der Waals surface area contributed by atoms with Crippen LogP contribution in [0.1, 0.15) is 59.1 Å². The smallest absolute Gasteiger partial charge is 0.0316 e. The van der Waals surface area contributed by atoms with Crippen molar-refractivity contribution in [3.8, 4) is 0 Å². The van der Waals surface area contributed by atoms with Gasteiger partial charge in [0.25, 0.3) is 0 Å². The van der Waals surface area contributed by atoms with Crippen LogP contribution in [0.4, 0.5) is 5.69 Å². The van der Waals surface area contributed by atoms with Crippen LogP contribution >= 0.6 is 0 Å². The fraction of sp³-hybridized carbons (Fsp3) is 0.385. The van der Waals surface area contributed by atoms with E-state index in [1.54, 1.807) is 5.57 Å². The molecule has 146 valence electrons. The molecular weight excluding hydrogens is 326 g/mol. The molecule has 1 heteroatoms. The third kappa shape index (κ3) is 8.30. The van der Waals surface area contributed by atoms with E-state index in [0.29, 0.717) is 5.92 Å². The normalized spacial score (nSPS) is 11.4. The number of anilines is 1. The van der Waals surface area contributed by atoms with Crippen molar-refractivity contribution in [2.45, 2.75) is 61.3 Å². The molecule has 0 aliphatic rings. The largest absolute Gasteiger partial charge is 0.399 e. The van der Waals surface area contributed by atoms with Gasteiger partial charge in [0, 0.05) is 5.69 Å². The fourth-order valence-electron chi connectivity index (χ4n) is 3.30. The molecule has 0 saturated carbocycles. The first-order chi connectivity index (χ1) is 12.7. The van der Waals surface area contributed by atoms with Crippen molar-refractivity contribution in [3.05, 3.63) is 88.0 Å². The molecular formula is C26H37N. The van der Waals surface area contributed by atoms with Crippen LogP contribution in [0.2, 0.25) is 0 Å². The van der Waals surface area contributed by atoms with Crippen LogP contribution in [-0.4, -0.2) is 0 Å². The van der Waals surface area contributed by atoms with E-state index in [9.17, 15) is 0 Å². The van der Waals surface area contributed by atoms with Gasteiger partial charge in [0.15, 0.2) is 0 Å². The van der Waals surface area contributed by atoms with E-state index in [-0.39, 0.29) is 0 Å². The fourth-order valence-corrected chi connectivity index (χ4v) is 3.30. The van der Waals surface area contributed by atoms with E-state index >= 15 is 0 Å². The molecule has 0 aliphatic heterocycles. The molecule has 0 radical (unpaired) electrons. The summed E-state index contributed by atoms with van der Waals surface area (Å²) >= 11 is 0. The van der Waals surface area contributed by atoms with Crippen molar-refractivity contribution in [3.63, 3.8) is 0 Å². The maximum absolute atomic E-state index is 5.46. The molecule has 2 aromatic rings. The predicted octanol–water partition coefficient (Wildman–Crippen LogP) is 7.53. The van der Waals surface area contributed by atoms with Crippen molar-refractivity contribution in [1.29, 1.82) is 0 Å². The number of nitrogens with two attached hydrogens (primary N) is 1. The summed E-state index contributed by atoms with van der Waals surface area (Å²) in [7, 11) is 0. The Labute approximate surface area is 167 Å². The van der Waals surface area contributed by atoms with Crippen LogP contribution in [0.25, 0.3) is 0 Å². The van der Waals surface area contributed by atoms with Crippen LogP contribution in [0.15, 0.2) is 76.9 Å². The lowest BCUT2D eigenvalue weighted by Gasteiger charge is -2.18. The van der Waals surface area contributed by atoms with Gasteiger partial charge in [0.2, 0.25) is 0 Å². The average molecular weight is 364 g/mol. The van der Waals surface area contributed by atoms with E-state index in [0.717, 1.165) is 18.5 Å². The van der Waals surface area contributed by atoms with E-state index in [2.05, 4.69) is 71.9 Å². The second-order valence-corrected chi connectivity index (χ2v) is 7.87. The quantitative estimate of drug-likeness (QED) is 0.431. The summed E-state index contributed by atoms with van der Waals surface area (Å²) in [6, 6.07) is 18.6. The maximum Gasteiger partial charge on any atom is 0.0316 e. The molecule has 1 nitrogen and oxygen atoms in total. The van der Waals surface area contributed by atoms with Gasteiger partial charge in [-0.25, -0.2) is 0 Å². The van der Waals surface area contributed by atoms with Gasteiger partial charge in [-0.3, -0.25) is 0 Å². The summed E-state index contributed by atoms with van der Waals surface area (Å²) in [5.74, 6) is 0.602. The molecule has 0 bridgehead atoms. The first-order valence-electron chi connectivity index (χ1n) is 9.92. The van der Waals surface area contributed by atoms with E-state index in [4.69, 9.17) is 5.73 Å². The third-order valence-electron chi connectivity index (χ3n) is 4.86. The highest BCUT2D eigenvalue weighted by molar-refractivity contribution is 5.40. The topological polar surface area (TPSA) is 26.0 Å². The highest BCUT2D eigenvalue weighted by Crippen LogP contribution is 2.27. The highest BCUT2D eigenvalue weighted by atomic mass is 14.5. The summed E-state index contributed by atoms with van der Waals surface area (Å²) in [6.45, 7) is 15.6. The summed E-state index contributed by atoms with van der Waals surface area (Å²) in [5.41, 5.74) is 14.9. The Bertz CT molecular complexity index is 743. The zero-order valence-electron chi connectivity index (χ0n) is 18.3. The molecule has 0 heterocycles. The van der Waals surface area contributed by atoms with E-state index < -0.39 is 0 Å². The Morgan fingerprint density at radius 3 is 1.96 bits per heavy atom. The third-order valence-corrected chi connectivity index (χ3v) is 4.86. The Morgan fingerprint density at radius 1 is 0.889 bits per heavy atom. The zero-order chi connectivity index (χ0) is 20.4. The predicted molar refractivity (Wildman–Crippen MR) is 122 cm³/mol. The summed E-state index contributed by atoms with van der Waals surface area (Å²) in [6.07, 6.45) is 2.29. The molecule has 0 atom stereocenters. The number of aryl methyl sites for hydroxylation is 2. The van der Waals surface area contributed by atoms with Crippen LogP contribution in [0.3, 0.4) is 0 Å². The minimum atomic E-state index is 0.602. The van der Waals surface area contributed by atoms with Gasteiger partial charge in [-0.15, -0.1) is 0 Å². The second-order valence-electron chi connectivity index (χ2n) is 7.87. The highest BCUT2D eigenvalue weighted by Gasteiger charge is 2.10. The Balaban J connectivity index is 0.000000377. The van der Waals surface area contributed by atoms with Gasteiger partial charge < -0.3 is 5.73 Å². The number of hydrogen-bond donors (Lipinski definition) is 1. The maximum atomic E-state index is 5.46. The molecule has 27 heavy (non-hydrogen) atoms. The average Bonchev–Trinajstić information content (AvgIpc) is 2.61. The number of benzene rings is 2. The number of nitrogen functional groups attached to an aromatic ring is 1. The Morgan fingerprint density at radius 2 is 1.52 bits per heavy atom. The molecule has 0 saturated heterocycles. The number of rotatable bonds is 5. The first-order valence-corrected chi connectivity index (χ1v) is 9.92. The minimum Gasteiger partial charge on any atom is -0.399 e. The van der Waals surface area contributed by atoms with Gasteiger partial charge in [-0.05, 0) is 87.8 Å². The standard InChI is InChI=1S/C19H28.C7H9N/c1-14(2)17(6)19(15(3)4)16(5)12-13-18-10-8-7-9-11-18;1-6-3-2-4-7(8)5-6/h7-11,15H,12-13H2,1-6H3;2-5H,8H2,1H3/b19-16-;. The number of allylic oxidation sites excluding steroid dienone is 4. The molecule has 2 rings (SSSR count). The van der Waals surface area contributed by atoms with Crippen molar-refractivity contribution >= 4 is 5.69 Å². The van der Waals surface area contributed by atoms with E-state index in [1.807, 2.05) is 31.2 Å². The van der Waals surface area contributed by atoms with Gasteiger partial charge in [0.05, 0.1) is 0 Å². The lowest BCUT2D eigenvalue weighted by atomic mass is 9.87. The molecule has 0 unspecified atom stereocenters. The van der Waals surface area contributed by atoms with Crippen LogP contribution in [0, 0.1) is 12.8 Å². The molecule has 0 aromatic heterocycles. The Kier molecular flexibility index (Phi) is 9.64. The minimum absolute atomic E-state index is 0.602. The van der Waals surface area contributed by atoms with Gasteiger partial charge in [0.1, 0.15) is 0 Å². The molecule has 0 aliphatic carbocycles. The summed E-state index contributed by atoms with van der Waals surface area (Å²) < 4.78 is 0. The lowest BCUT2D eigenvalue weighted by Crippen LogP contribution is -2.02. The number of hydrogen-bond acceptors (Lipinski definition) is 1. The van der Waals surface area contributed by atoms with Crippen molar-refractivity contribution in [2.24, 2.45) is 5.92 Å². The van der Waals surface area contributed by atoms with Crippen molar-refractivity contribution < 1.29 is 0 Å². The molecule has 0 fully saturated rings. The first kappa shape index (κ1) is 22.8. The van der Waals surface area contributed by atoms with E-state index in [1.165, 1.54) is 27.8 Å². The SMILES string of the molecule is CC(C)=C(C)/C(=C(/C)CCc1ccccc1)C(C)C.Cc1cccc(N)c1. The zero-order valence-corrected chi connectivity index (χ0v) is 18.3. The Hall–Kier alpha value is -2.28. The monoisotopic (exact) mass is 363 g/mol. The van der Waals surface area contributed by atoms with Crippen LogP contribution < -0.4 is 5.73 Å². The second kappa shape index (κ2) is 11.4. The summed E-state index contributed by atoms with van der Waals surface area (Å²) in [5, 5.41) is 0. The molecule has 2 N–H and O–H groups in total. The van der Waals surface area contributed by atoms with Crippen LogP contribution in [-0.2, 0) is 6.42 Å². The van der Waals surface area contributed by atoms with Gasteiger partial charge in [-0.2, -0.15) is 0 Å². The molecule has 0 spiro atoms. The van der Waals surface area contributed by atoms with Gasteiger partial charge in [-0.1, -0.05) is 67.5 Å². The van der Waals surface area contributed by atoms with Crippen LogP contribution in [0.5, 0.6) is 0 Å². The lowest BCUT2D eigenvalue weighted by molar-refractivity contribution is 0.746. The summed E-state index contributed by atoms with van der Waals surface area (Å²) in [4.78, 5) is 0. The van der Waals surface area contributed by atoms with Crippen molar-refractivity contribution in [2.75, 3.05) is 5.73 Å². The van der Waals surface area contributed by atoms with Crippen molar-refractivity contribution in [1.82, 2.24) is 0 Å². The molecule has 2 aromatic carbocycles. The molecule has 0 amide bonds.